The molecule has 0 amide bonds. The number of rotatable bonds is 13. The van der Waals surface area contributed by atoms with Gasteiger partial charge in [0.2, 0.25) is 5.88 Å². The molecule has 0 radical (unpaired) electrons. The van der Waals surface area contributed by atoms with Crippen LogP contribution in [0, 0.1) is 15.9 Å². The van der Waals surface area contributed by atoms with Gasteiger partial charge in [-0.05, 0) is 92.6 Å². The van der Waals surface area contributed by atoms with Crippen LogP contribution < -0.4 is 14.2 Å². The van der Waals surface area contributed by atoms with Crippen LogP contribution in [0.1, 0.15) is 50.2 Å². The highest BCUT2D eigenvalue weighted by Gasteiger charge is 2.45. The summed E-state index contributed by atoms with van der Waals surface area (Å²) in [5.41, 5.74) is 2.44. The standard InChI is InChI=1S/C43H40FN5O7/c1-28(55-42(50)56-33-19-17-32(18-20-33)49(51)52)15-16-31-12-5-11-30-13-6-14-34(36(30)31)38-37(44)39-35(25-45-38)40(53-26-29-9-3-2-4-10-29)47-41(46-39)54-27-43-21-7-23-48(43)24-8-22-43/h2-6,9-14,17-20,25,28H,7-8,15-16,21-24,26-27H2,1H3. The average molecular weight is 758 g/mol. The van der Waals surface area contributed by atoms with Crippen LogP contribution in [0.4, 0.5) is 14.9 Å². The summed E-state index contributed by atoms with van der Waals surface area (Å²) in [6.45, 7) is 4.48. The SMILES string of the molecule is CC(CCc1cccc2cccc(-c3ncc4c(OCc5ccccc5)nc(OCC56CCCN5CCC6)nc4c3F)c12)OC(=O)Oc1ccc([N+](=O)[O-])cc1. The first-order valence-corrected chi connectivity index (χ1v) is 18.8. The monoisotopic (exact) mass is 757 g/mol. The van der Waals surface area contributed by atoms with Gasteiger partial charge in [0.05, 0.1) is 15.8 Å². The summed E-state index contributed by atoms with van der Waals surface area (Å²) >= 11 is 0. The number of carbonyl (C=O) groups is 1. The van der Waals surface area contributed by atoms with Crippen molar-refractivity contribution in [3.05, 3.63) is 124 Å². The number of aryl methyl sites for hydroxylation is 1. The fourth-order valence-corrected chi connectivity index (χ4v) is 7.92. The predicted molar refractivity (Wildman–Crippen MR) is 207 cm³/mol. The molecule has 0 bridgehead atoms. The van der Waals surface area contributed by atoms with Crippen LogP contribution in [-0.4, -0.2) is 62.3 Å². The molecule has 8 rings (SSSR count). The van der Waals surface area contributed by atoms with Gasteiger partial charge < -0.3 is 18.9 Å². The summed E-state index contributed by atoms with van der Waals surface area (Å²) < 4.78 is 40.2. The zero-order valence-corrected chi connectivity index (χ0v) is 30.9. The summed E-state index contributed by atoms with van der Waals surface area (Å²) in [4.78, 5) is 39.3. The van der Waals surface area contributed by atoms with Gasteiger partial charge in [0.25, 0.3) is 5.69 Å². The van der Waals surface area contributed by atoms with Crippen LogP contribution in [0.2, 0.25) is 0 Å². The third kappa shape index (κ3) is 7.67. The molecule has 0 aliphatic carbocycles. The quantitative estimate of drug-likeness (QED) is 0.0483. The summed E-state index contributed by atoms with van der Waals surface area (Å²) in [6.07, 6.45) is 5.34. The minimum atomic E-state index is -0.923. The van der Waals surface area contributed by atoms with Gasteiger partial charge in [-0.3, -0.25) is 20.0 Å². The molecule has 2 aliphatic heterocycles. The van der Waals surface area contributed by atoms with Crippen molar-refractivity contribution in [2.75, 3.05) is 19.7 Å². The molecule has 6 aromatic rings. The normalized spacial score (nSPS) is 15.4. The third-order valence-corrected chi connectivity index (χ3v) is 10.7. The van der Waals surface area contributed by atoms with E-state index in [0.29, 0.717) is 30.4 Å². The number of fused-ring (bicyclic) bond motifs is 3. The first-order chi connectivity index (χ1) is 27.3. The molecule has 2 aliphatic rings. The Labute approximate surface area is 322 Å². The Bertz CT molecular complexity index is 2380. The highest BCUT2D eigenvalue weighted by atomic mass is 19.1. The van der Waals surface area contributed by atoms with Crippen molar-refractivity contribution >= 4 is 33.5 Å². The first-order valence-electron chi connectivity index (χ1n) is 18.8. The minimum Gasteiger partial charge on any atom is -0.472 e. The number of hydrogen-bond acceptors (Lipinski definition) is 11. The van der Waals surface area contributed by atoms with E-state index in [1.807, 2.05) is 66.7 Å². The number of benzene rings is 4. The highest BCUT2D eigenvalue weighted by molar-refractivity contribution is 6.00. The van der Waals surface area contributed by atoms with Crippen molar-refractivity contribution in [3.63, 3.8) is 0 Å². The minimum absolute atomic E-state index is 0.0540. The molecule has 2 aromatic heterocycles. The Balaban J connectivity index is 1.07. The molecule has 0 N–H and O–H groups in total. The second-order valence-electron chi connectivity index (χ2n) is 14.4. The number of carbonyl (C=O) groups excluding carboxylic acids is 1. The molecule has 0 saturated carbocycles. The zero-order valence-electron chi connectivity index (χ0n) is 30.9. The average Bonchev–Trinajstić information content (AvgIpc) is 3.80. The van der Waals surface area contributed by atoms with Crippen molar-refractivity contribution < 1.29 is 33.1 Å². The lowest BCUT2D eigenvalue weighted by atomic mass is 9.94. The molecule has 1 atom stereocenters. The number of pyridine rings is 1. The molecule has 2 saturated heterocycles. The number of hydrogen-bond donors (Lipinski definition) is 0. The number of nitro benzene ring substituents is 1. The van der Waals surface area contributed by atoms with E-state index in [1.54, 1.807) is 13.1 Å². The van der Waals surface area contributed by atoms with Crippen LogP contribution >= 0.6 is 0 Å². The Morgan fingerprint density at radius 1 is 0.946 bits per heavy atom. The van der Waals surface area contributed by atoms with E-state index in [-0.39, 0.29) is 46.7 Å². The van der Waals surface area contributed by atoms with Gasteiger partial charge in [-0.2, -0.15) is 9.97 Å². The van der Waals surface area contributed by atoms with E-state index in [1.165, 1.54) is 24.3 Å². The summed E-state index contributed by atoms with van der Waals surface area (Å²) in [5, 5.41) is 13.0. The lowest BCUT2D eigenvalue weighted by molar-refractivity contribution is -0.384. The van der Waals surface area contributed by atoms with Gasteiger partial charge in [0, 0.05) is 23.9 Å². The Morgan fingerprint density at radius 2 is 1.70 bits per heavy atom. The summed E-state index contributed by atoms with van der Waals surface area (Å²) in [5.74, 6) is -0.295. The number of nitrogens with zero attached hydrogens (tertiary/aromatic N) is 5. The van der Waals surface area contributed by atoms with E-state index in [2.05, 4.69) is 19.9 Å². The molecule has 12 nitrogen and oxygen atoms in total. The molecular formula is C43H40FN5O7. The Hall–Kier alpha value is -6.21. The molecular weight excluding hydrogens is 717 g/mol. The van der Waals surface area contributed by atoms with Gasteiger partial charge in [0.1, 0.15) is 36.3 Å². The predicted octanol–water partition coefficient (Wildman–Crippen LogP) is 9.02. The van der Waals surface area contributed by atoms with Gasteiger partial charge >= 0.3 is 12.2 Å². The van der Waals surface area contributed by atoms with Gasteiger partial charge in [-0.1, -0.05) is 66.7 Å². The number of aromatic nitrogens is 3. The van der Waals surface area contributed by atoms with Crippen molar-refractivity contribution in [2.24, 2.45) is 0 Å². The molecule has 4 aromatic carbocycles. The van der Waals surface area contributed by atoms with E-state index in [9.17, 15) is 14.9 Å². The van der Waals surface area contributed by atoms with E-state index in [0.717, 1.165) is 60.7 Å². The summed E-state index contributed by atoms with van der Waals surface area (Å²) in [6, 6.07) is 26.4. The van der Waals surface area contributed by atoms with E-state index < -0.39 is 23.0 Å². The van der Waals surface area contributed by atoms with Crippen LogP contribution in [0.5, 0.6) is 17.6 Å². The van der Waals surface area contributed by atoms with E-state index >= 15 is 4.39 Å². The smallest absolute Gasteiger partial charge is 0.472 e. The largest absolute Gasteiger partial charge is 0.514 e. The van der Waals surface area contributed by atoms with Crippen molar-refractivity contribution in [2.45, 2.75) is 63.7 Å². The van der Waals surface area contributed by atoms with E-state index in [4.69, 9.17) is 18.9 Å². The Kier molecular flexibility index (Phi) is 10.4. The topological polar surface area (TPSA) is 139 Å². The second-order valence-corrected chi connectivity index (χ2v) is 14.4. The molecule has 13 heteroatoms. The molecule has 2 fully saturated rings. The molecule has 56 heavy (non-hydrogen) atoms. The molecule has 1 unspecified atom stereocenters. The van der Waals surface area contributed by atoms with Crippen molar-refractivity contribution in [3.8, 4) is 28.9 Å². The van der Waals surface area contributed by atoms with Gasteiger partial charge in [-0.25, -0.2) is 9.18 Å². The van der Waals surface area contributed by atoms with Crippen LogP contribution in [0.3, 0.4) is 0 Å². The maximum atomic E-state index is 17.0. The maximum Gasteiger partial charge on any atom is 0.514 e. The number of halogens is 1. The van der Waals surface area contributed by atoms with Crippen LogP contribution in [-0.2, 0) is 17.8 Å². The first kappa shape index (κ1) is 36.8. The molecule has 286 valence electrons. The van der Waals surface area contributed by atoms with Crippen molar-refractivity contribution in [1.29, 1.82) is 0 Å². The van der Waals surface area contributed by atoms with Crippen molar-refractivity contribution in [1.82, 2.24) is 19.9 Å². The fourth-order valence-electron chi connectivity index (χ4n) is 7.92. The van der Waals surface area contributed by atoms with Crippen LogP contribution in [0.15, 0.2) is 97.2 Å². The second kappa shape index (κ2) is 15.9. The highest BCUT2D eigenvalue weighted by Crippen LogP contribution is 2.40. The molecule has 4 heterocycles. The molecule has 0 spiro atoms. The zero-order chi connectivity index (χ0) is 38.6. The van der Waals surface area contributed by atoms with Crippen LogP contribution in [0.25, 0.3) is 32.9 Å². The fraction of sp³-hybridized carbons (Fsp3) is 0.302. The number of ether oxygens (including phenoxy) is 4. The lowest BCUT2D eigenvalue weighted by Gasteiger charge is -2.31. The third-order valence-electron chi connectivity index (χ3n) is 10.7. The lowest BCUT2D eigenvalue weighted by Crippen LogP contribution is -2.43. The number of nitro groups is 1. The van der Waals surface area contributed by atoms with Gasteiger partial charge in [0.15, 0.2) is 5.82 Å². The number of non-ortho nitro benzene ring substituents is 1. The Morgan fingerprint density at radius 3 is 2.45 bits per heavy atom. The van der Waals surface area contributed by atoms with Gasteiger partial charge in [-0.15, -0.1) is 0 Å². The summed E-state index contributed by atoms with van der Waals surface area (Å²) in [7, 11) is 0. The maximum absolute atomic E-state index is 17.0.